The Morgan fingerprint density at radius 1 is 1.19 bits per heavy atom. The molecule has 1 heterocycles. The van der Waals surface area contributed by atoms with Crippen molar-refractivity contribution in [1.82, 2.24) is 0 Å². The Hall–Kier alpha value is -2.14. The largest absolute Gasteiger partial charge is 0.478 e. The molecule has 4 nitrogen and oxygen atoms in total. The summed E-state index contributed by atoms with van der Waals surface area (Å²) in [5.41, 5.74) is 2.47. The van der Waals surface area contributed by atoms with Crippen LogP contribution in [-0.4, -0.2) is 23.5 Å². The number of carbonyl (C=O) groups excluding carboxylic acids is 1. The zero-order chi connectivity index (χ0) is 15.0. The molecule has 0 unspecified atom stereocenters. The van der Waals surface area contributed by atoms with Crippen LogP contribution in [0.25, 0.3) is 0 Å². The molecule has 0 saturated carbocycles. The minimum Gasteiger partial charge on any atom is -0.478 e. The van der Waals surface area contributed by atoms with Crippen molar-refractivity contribution < 1.29 is 14.7 Å². The number of hydrogen-bond acceptors (Lipinski definition) is 2. The van der Waals surface area contributed by atoms with Gasteiger partial charge in [0.25, 0.3) is 5.91 Å². The second-order valence-corrected chi connectivity index (χ2v) is 5.78. The van der Waals surface area contributed by atoms with Crippen LogP contribution in [0, 0.1) is 0 Å². The lowest BCUT2D eigenvalue weighted by molar-refractivity contribution is 0.0696. The molecule has 0 bridgehead atoms. The number of carboxylic acids is 1. The Balaban J connectivity index is 2.03. The SMILES string of the molecule is O=C(O)c1cc(Br)cc(N2CCc3ccccc3C2=O)c1. The number of halogens is 1. The molecular formula is C16H12BrNO3. The van der Waals surface area contributed by atoms with Gasteiger partial charge in [0.05, 0.1) is 5.56 Å². The molecule has 0 radical (unpaired) electrons. The van der Waals surface area contributed by atoms with Crippen LogP contribution < -0.4 is 4.90 Å². The summed E-state index contributed by atoms with van der Waals surface area (Å²) in [7, 11) is 0. The van der Waals surface area contributed by atoms with Crippen molar-refractivity contribution in [3.8, 4) is 0 Å². The maximum atomic E-state index is 12.6. The van der Waals surface area contributed by atoms with Crippen molar-refractivity contribution in [2.45, 2.75) is 6.42 Å². The zero-order valence-corrected chi connectivity index (χ0v) is 12.6. The first-order valence-electron chi connectivity index (χ1n) is 6.50. The maximum Gasteiger partial charge on any atom is 0.335 e. The number of carboxylic acid groups (broad SMARTS) is 1. The second-order valence-electron chi connectivity index (χ2n) is 4.87. The van der Waals surface area contributed by atoms with E-state index in [1.54, 1.807) is 17.0 Å². The summed E-state index contributed by atoms with van der Waals surface area (Å²) in [5.74, 6) is -1.10. The smallest absolute Gasteiger partial charge is 0.335 e. The molecule has 5 heteroatoms. The van der Waals surface area contributed by atoms with E-state index >= 15 is 0 Å². The van der Waals surface area contributed by atoms with E-state index in [0.29, 0.717) is 22.3 Å². The van der Waals surface area contributed by atoms with Gasteiger partial charge >= 0.3 is 5.97 Å². The lowest BCUT2D eigenvalue weighted by Crippen LogP contribution is -2.37. The first-order valence-corrected chi connectivity index (χ1v) is 7.29. The molecule has 0 saturated heterocycles. The zero-order valence-electron chi connectivity index (χ0n) is 11.0. The third kappa shape index (κ3) is 2.56. The van der Waals surface area contributed by atoms with Gasteiger partial charge in [-0.05, 0) is 36.2 Å². The summed E-state index contributed by atoms with van der Waals surface area (Å²) in [6.45, 7) is 0.547. The van der Waals surface area contributed by atoms with Crippen molar-refractivity contribution in [3.05, 3.63) is 63.6 Å². The van der Waals surface area contributed by atoms with E-state index in [2.05, 4.69) is 15.9 Å². The van der Waals surface area contributed by atoms with Gasteiger partial charge in [-0.3, -0.25) is 4.79 Å². The fourth-order valence-electron chi connectivity index (χ4n) is 2.53. The molecule has 0 aliphatic carbocycles. The van der Waals surface area contributed by atoms with E-state index in [1.165, 1.54) is 12.1 Å². The number of fused-ring (bicyclic) bond motifs is 1. The molecule has 1 aliphatic rings. The van der Waals surface area contributed by atoms with Gasteiger partial charge in [0.1, 0.15) is 0 Å². The summed E-state index contributed by atoms with van der Waals surface area (Å²) >= 11 is 3.30. The average Bonchev–Trinajstić information content (AvgIpc) is 2.47. The third-order valence-electron chi connectivity index (χ3n) is 3.54. The highest BCUT2D eigenvalue weighted by atomic mass is 79.9. The van der Waals surface area contributed by atoms with Crippen LogP contribution in [0.2, 0.25) is 0 Å². The number of anilines is 1. The minimum atomic E-state index is -1.01. The quantitative estimate of drug-likeness (QED) is 0.907. The van der Waals surface area contributed by atoms with E-state index < -0.39 is 5.97 Å². The van der Waals surface area contributed by atoms with Crippen LogP contribution in [-0.2, 0) is 6.42 Å². The molecule has 2 aromatic rings. The van der Waals surface area contributed by atoms with Crippen molar-refractivity contribution in [2.24, 2.45) is 0 Å². The van der Waals surface area contributed by atoms with Gasteiger partial charge < -0.3 is 10.0 Å². The Bertz CT molecular complexity index is 742. The van der Waals surface area contributed by atoms with Crippen molar-refractivity contribution in [1.29, 1.82) is 0 Å². The van der Waals surface area contributed by atoms with Gasteiger partial charge in [0, 0.05) is 22.3 Å². The number of rotatable bonds is 2. The Kier molecular flexibility index (Phi) is 3.51. The number of nitrogens with zero attached hydrogens (tertiary/aromatic N) is 1. The lowest BCUT2D eigenvalue weighted by atomic mass is 9.98. The monoisotopic (exact) mass is 345 g/mol. The first-order chi connectivity index (χ1) is 10.1. The maximum absolute atomic E-state index is 12.6. The van der Waals surface area contributed by atoms with E-state index in [9.17, 15) is 9.59 Å². The van der Waals surface area contributed by atoms with Crippen LogP contribution in [0.1, 0.15) is 26.3 Å². The summed E-state index contributed by atoms with van der Waals surface area (Å²) in [4.78, 5) is 25.3. The third-order valence-corrected chi connectivity index (χ3v) is 4.00. The van der Waals surface area contributed by atoms with Crippen molar-refractivity contribution >= 4 is 33.5 Å². The predicted molar refractivity (Wildman–Crippen MR) is 82.9 cm³/mol. The van der Waals surface area contributed by atoms with Gasteiger partial charge in [-0.15, -0.1) is 0 Å². The molecule has 21 heavy (non-hydrogen) atoms. The summed E-state index contributed by atoms with van der Waals surface area (Å²) in [5, 5.41) is 9.13. The Morgan fingerprint density at radius 2 is 1.95 bits per heavy atom. The fourth-order valence-corrected chi connectivity index (χ4v) is 3.01. The van der Waals surface area contributed by atoms with Gasteiger partial charge in [-0.25, -0.2) is 4.79 Å². The molecule has 0 spiro atoms. The Labute approximate surface area is 130 Å². The van der Waals surface area contributed by atoms with Crippen molar-refractivity contribution in [3.63, 3.8) is 0 Å². The molecule has 1 N–H and O–H groups in total. The lowest BCUT2D eigenvalue weighted by Gasteiger charge is -2.29. The van der Waals surface area contributed by atoms with Crippen molar-refractivity contribution in [2.75, 3.05) is 11.4 Å². The second kappa shape index (κ2) is 5.33. The number of aromatic carboxylic acids is 1. The highest BCUT2D eigenvalue weighted by molar-refractivity contribution is 9.10. The average molecular weight is 346 g/mol. The van der Waals surface area contributed by atoms with E-state index in [1.807, 2.05) is 18.2 Å². The van der Waals surface area contributed by atoms with E-state index in [0.717, 1.165) is 12.0 Å². The summed E-state index contributed by atoms with van der Waals surface area (Å²) < 4.78 is 0.643. The van der Waals surface area contributed by atoms with Crippen LogP contribution in [0.3, 0.4) is 0 Å². The topological polar surface area (TPSA) is 57.6 Å². The predicted octanol–water partition coefficient (Wildman–Crippen LogP) is 3.35. The molecule has 106 valence electrons. The highest BCUT2D eigenvalue weighted by Gasteiger charge is 2.25. The molecule has 3 rings (SSSR count). The molecule has 2 aromatic carbocycles. The fraction of sp³-hybridized carbons (Fsp3) is 0.125. The molecule has 1 aliphatic heterocycles. The summed E-state index contributed by atoms with van der Waals surface area (Å²) in [6, 6.07) is 12.3. The first kappa shape index (κ1) is 13.8. The Morgan fingerprint density at radius 3 is 2.71 bits per heavy atom. The van der Waals surface area contributed by atoms with E-state index in [4.69, 9.17) is 5.11 Å². The summed E-state index contributed by atoms with van der Waals surface area (Å²) in [6.07, 6.45) is 0.761. The molecule has 0 atom stereocenters. The van der Waals surface area contributed by atoms with Gasteiger partial charge in [-0.1, -0.05) is 34.1 Å². The standard InChI is InChI=1S/C16H12BrNO3/c17-12-7-11(16(20)21)8-13(9-12)18-6-5-10-3-1-2-4-14(10)15(18)19/h1-4,7-9H,5-6H2,(H,20,21). The van der Waals surface area contributed by atoms with Gasteiger partial charge in [0.15, 0.2) is 0 Å². The normalized spacial score (nSPS) is 14.0. The van der Waals surface area contributed by atoms with Crippen LogP contribution >= 0.6 is 15.9 Å². The van der Waals surface area contributed by atoms with Gasteiger partial charge in [0.2, 0.25) is 0 Å². The molecule has 1 amide bonds. The number of carbonyl (C=O) groups is 2. The van der Waals surface area contributed by atoms with Crippen LogP contribution in [0.5, 0.6) is 0 Å². The molecule has 0 aromatic heterocycles. The highest BCUT2D eigenvalue weighted by Crippen LogP contribution is 2.28. The number of amides is 1. The van der Waals surface area contributed by atoms with Gasteiger partial charge in [-0.2, -0.15) is 0 Å². The molecular weight excluding hydrogens is 334 g/mol. The van der Waals surface area contributed by atoms with Crippen LogP contribution in [0.4, 0.5) is 5.69 Å². The number of hydrogen-bond donors (Lipinski definition) is 1. The van der Waals surface area contributed by atoms with Crippen LogP contribution in [0.15, 0.2) is 46.9 Å². The number of benzene rings is 2. The van der Waals surface area contributed by atoms with E-state index in [-0.39, 0.29) is 11.5 Å². The minimum absolute atomic E-state index is 0.0914. The molecule has 0 fully saturated rings.